The Balaban J connectivity index is 2.53. The number of benzene rings is 1. The molecule has 0 aliphatic carbocycles. The molecule has 0 atom stereocenters. The van der Waals surface area contributed by atoms with Crippen molar-refractivity contribution < 1.29 is 9.53 Å². The Morgan fingerprint density at radius 3 is 2.53 bits per heavy atom. The van der Waals surface area contributed by atoms with E-state index >= 15 is 0 Å². The molecule has 1 aromatic carbocycles. The molecule has 4 heteroatoms. The van der Waals surface area contributed by atoms with E-state index in [1.54, 1.807) is 6.07 Å². The summed E-state index contributed by atoms with van der Waals surface area (Å²) in [5, 5.41) is 2.94. The minimum atomic E-state index is -0.0730. The summed E-state index contributed by atoms with van der Waals surface area (Å²) in [5.41, 5.74) is 0.601. The molecule has 1 amide bonds. The lowest BCUT2D eigenvalue weighted by atomic mass is 10.2. The maximum absolute atomic E-state index is 12.1. The number of likely N-dealkylation sites (N-methyl/N-ethyl adjacent to an activating group) is 1. The Morgan fingerprint density at radius 1 is 1.21 bits per heavy atom. The van der Waals surface area contributed by atoms with Gasteiger partial charge in [-0.2, -0.15) is 0 Å². The van der Waals surface area contributed by atoms with Crippen LogP contribution in [0, 0.1) is 0 Å². The summed E-state index contributed by atoms with van der Waals surface area (Å²) in [6, 6.07) is 7.33. The molecule has 0 saturated heterocycles. The van der Waals surface area contributed by atoms with Gasteiger partial charge in [0.05, 0.1) is 12.2 Å². The molecular formula is C15H24N2O2. The highest BCUT2D eigenvalue weighted by Gasteiger charge is 2.11. The number of nitrogens with one attached hydrogen (secondary N) is 1. The highest BCUT2D eigenvalue weighted by molar-refractivity contribution is 5.96. The van der Waals surface area contributed by atoms with Crippen LogP contribution in [0.25, 0.3) is 0 Å². The van der Waals surface area contributed by atoms with Crippen LogP contribution in [0.1, 0.15) is 31.1 Å². The zero-order chi connectivity index (χ0) is 14.1. The van der Waals surface area contributed by atoms with Gasteiger partial charge in [-0.15, -0.1) is 0 Å². The number of hydrogen-bond donors (Lipinski definition) is 1. The summed E-state index contributed by atoms with van der Waals surface area (Å²) in [4.78, 5) is 14.4. The Kier molecular flexibility index (Phi) is 6.97. The van der Waals surface area contributed by atoms with E-state index in [1.807, 2.05) is 25.1 Å². The maximum atomic E-state index is 12.1. The normalized spacial score (nSPS) is 10.5. The van der Waals surface area contributed by atoms with E-state index in [2.05, 4.69) is 24.1 Å². The summed E-state index contributed by atoms with van der Waals surface area (Å²) < 4.78 is 5.46. The molecule has 0 spiro atoms. The maximum Gasteiger partial charge on any atom is 0.255 e. The van der Waals surface area contributed by atoms with Crippen LogP contribution in [-0.4, -0.2) is 43.6 Å². The first-order valence-electron chi connectivity index (χ1n) is 6.95. The number of rotatable bonds is 8. The highest BCUT2D eigenvalue weighted by Crippen LogP contribution is 2.17. The largest absolute Gasteiger partial charge is 0.493 e. The first-order chi connectivity index (χ1) is 9.22. The number of ether oxygens (including phenoxy) is 1. The van der Waals surface area contributed by atoms with Gasteiger partial charge in [0.1, 0.15) is 5.75 Å². The average molecular weight is 264 g/mol. The molecule has 1 N–H and O–H groups in total. The molecule has 19 heavy (non-hydrogen) atoms. The fourth-order valence-electron chi connectivity index (χ4n) is 1.90. The minimum absolute atomic E-state index is 0.0730. The number of amides is 1. The SMILES string of the molecule is CCOc1ccccc1C(=O)NCCN(CC)CC. The van der Waals surface area contributed by atoms with Gasteiger partial charge in [0.25, 0.3) is 5.91 Å². The van der Waals surface area contributed by atoms with Crippen LogP contribution >= 0.6 is 0 Å². The molecule has 0 radical (unpaired) electrons. The summed E-state index contributed by atoms with van der Waals surface area (Å²) >= 11 is 0. The molecule has 0 aromatic heterocycles. The fraction of sp³-hybridized carbons (Fsp3) is 0.533. The number of carbonyl (C=O) groups is 1. The van der Waals surface area contributed by atoms with Crippen molar-refractivity contribution in [3.8, 4) is 5.75 Å². The standard InChI is InChI=1S/C15H24N2O2/c1-4-17(5-2)12-11-16-15(18)13-9-7-8-10-14(13)19-6-3/h7-10H,4-6,11-12H2,1-3H3,(H,16,18). The molecule has 4 nitrogen and oxygen atoms in total. The summed E-state index contributed by atoms with van der Waals surface area (Å²) in [6.45, 7) is 10.2. The quantitative estimate of drug-likeness (QED) is 0.782. The Morgan fingerprint density at radius 2 is 1.89 bits per heavy atom. The lowest BCUT2D eigenvalue weighted by Gasteiger charge is -2.18. The van der Waals surface area contributed by atoms with Crippen molar-refractivity contribution in [2.45, 2.75) is 20.8 Å². The summed E-state index contributed by atoms with van der Waals surface area (Å²) in [7, 11) is 0. The number of hydrogen-bond acceptors (Lipinski definition) is 3. The van der Waals surface area contributed by atoms with Crippen molar-refractivity contribution in [3.05, 3.63) is 29.8 Å². The van der Waals surface area contributed by atoms with E-state index in [0.717, 1.165) is 19.6 Å². The zero-order valence-electron chi connectivity index (χ0n) is 12.1. The van der Waals surface area contributed by atoms with Gasteiger partial charge < -0.3 is 15.0 Å². The first kappa shape index (κ1) is 15.5. The van der Waals surface area contributed by atoms with Crippen LogP contribution < -0.4 is 10.1 Å². The topological polar surface area (TPSA) is 41.6 Å². The lowest BCUT2D eigenvalue weighted by Crippen LogP contribution is -2.34. The molecule has 0 unspecified atom stereocenters. The van der Waals surface area contributed by atoms with Crippen LogP contribution in [0.15, 0.2) is 24.3 Å². The average Bonchev–Trinajstić information content (AvgIpc) is 2.44. The molecule has 0 aliphatic heterocycles. The summed E-state index contributed by atoms with van der Waals surface area (Å²) in [6.07, 6.45) is 0. The second-order valence-electron chi connectivity index (χ2n) is 4.21. The molecule has 106 valence electrons. The van der Waals surface area contributed by atoms with E-state index in [0.29, 0.717) is 24.5 Å². The van der Waals surface area contributed by atoms with Crippen molar-refractivity contribution >= 4 is 5.91 Å². The molecule has 0 bridgehead atoms. The van der Waals surface area contributed by atoms with Crippen molar-refractivity contribution in [1.82, 2.24) is 10.2 Å². The van der Waals surface area contributed by atoms with Gasteiger partial charge in [-0.05, 0) is 32.1 Å². The van der Waals surface area contributed by atoms with Gasteiger partial charge in [-0.3, -0.25) is 4.79 Å². The monoisotopic (exact) mass is 264 g/mol. The third-order valence-electron chi connectivity index (χ3n) is 3.04. The molecule has 0 heterocycles. The Bertz CT molecular complexity index is 389. The van der Waals surface area contributed by atoms with Crippen LogP contribution in [0.3, 0.4) is 0 Å². The predicted octanol–water partition coefficient (Wildman–Crippen LogP) is 2.16. The van der Waals surface area contributed by atoms with E-state index in [9.17, 15) is 4.79 Å². The Hall–Kier alpha value is -1.55. The van der Waals surface area contributed by atoms with E-state index in [1.165, 1.54) is 0 Å². The van der Waals surface area contributed by atoms with E-state index in [-0.39, 0.29) is 5.91 Å². The van der Waals surface area contributed by atoms with E-state index in [4.69, 9.17) is 4.74 Å². The second-order valence-corrected chi connectivity index (χ2v) is 4.21. The smallest absolute Gasteiger partial charge is 0.255 e. The number of nitrogens with zero attached hydrogens (tertiary/aromatic N) is 1. The number of carbonyl (C=O) groups excluding carboxylic acids is 1. The van der Waals surface area contributed by atoms with Gasteiger partial charge in [0.15, 0.2) is 0 Å². The third kappa shape index (κ3) is 4.91. The molecule has 0 fully saturated rings. The van der Waals surface area contributed by atoms with Crippen molar-refractivity contribution in [2.24, 2.45) is 0 Å². The fourth-order valence-corrected chi connectivity index (χ4v) is 1.90. The molecule has 1 aromatic rings. The third-order valence-corrected chi connectivity index (χ3v) is 3.04. The second kappa shape index (κ2) is 8.53. The van der Waals surface area contributed by atoms with Crippen LogP contribution in [0.2, 0.25) is 0 Å². The van der Waals surface area contributed by atoms with Crippen molar-refractivity contribution in [1.29, 1.82) is 0 Å². The molecule has 1 rings (SSSR count). The van der Waals surface area contributed by atoms with Crippen molar-refractivity contribution in [3.63, 3.8) is 0 Å². The van der Waals surface area contributed by atoms with Crippen LogP contribution in [0.4, 0.5) is 0 Å². The van der Waals surface area contributed by atoms with Crippen LogP contribution in [-0.2, 0) is 0 Å². The summed E-state index contributed by atoms with van der Waals surface area (Å²) in [5.74, 6) is 0.571. The lowest BCUT2D eigenvalue weighted by molar-refractivity contribution is 0.0945. The molecule has 0 aliphatic rings. The van der Waals surface area contributed by atoms with E-state index < -0.39 is 0 Å². The highest BCUT2D eigenvalue weighted by atomic mass is 16.5. The van der Waals surface area contributed by atoms with Gasteiger partial charge in [0, 0.05) is 13.1 Å². The molecular weight excluding hydrogens is 240 g/mol. The van der Waals surface area contributed by atoms with Gasteiger partial charge in [-0.1, -0.05) is 26.0 Å². The predicted molar refractivity (Wildman–Crippen MR) is 77.7 cm³/mol. The first-order valence-corrected chi connectivity index (χ1v) is 6.95. The molecule has 0 saturated carbocycles. The van der Waals surface area contributed by atoms with Gasteiger partial charge >= 0.3 is 0 Å². The van der Waals surface area contributed by atoms with Crippen molar-refractivity contribution in [2.75, 3.05) is 32.8 Å². The van der Waals surface area contributed by atoms with Gasteiger partial charge in [-0.25, -0.2) is 0 Å². The zero-order valence-corrected chi connectivity index (χ0v) is 12.1. The van der Waals surface area contributed by atoms with Crippen LogP contribution in [0.5, 0.6) is 5.75 Å². The number of para-hydroxylation sites is 1. The minimum Gasteiger partial charge on any atom is -0.493 e. The Labute approximate surface area is 115 Å². The van der Waals surface area contributed by atoms with Gasteiger partial charge in [0.2, 0.25) is 0 Å².